The van der Waals surface area contributed by atoms with Crippen LogP contribution in [-0.2, 0) is 66.9 Å². The summed E-state index contributed by atoms with van der Waals surface area (Å²) in [5.41, 5.74) is -2.25. The first-order chi connectivity index (χ1) is 18.4. The predicted molar refractivity (Wildman–Crippen MR) is 120 cm³/mol. The van der Waals surface area contributed by atoms with E-state index in [4.69, 9.17) is 27.9 Å². The summed E-state index contributed by atoms with van der Waals surface area (Å²) in [7, 11) is 0. The van der Waals surface area contributed by atoms with Crippen molar-refractivity contribution in [3.05, 3.63) is 112 Å². The Hall–Kier alpha value is -3.09. The Bertz CT molecular complexity index is 1000. The molecule has 0 bridgehead atoms. The Kier molecular flexibility index (Phi) is 50.6. The van der Waals surface area contributed by atoms with E-state index in [9.17, 15) is 18.0 Å². The minimum Gasteiger partial charge on any atom is 0 e. The summed E-state index contributed by atoms with van der Waals surface area (Å²) in [4.78, 5) is 12.6. The van der Waals surface area contributed by atoms with Crippen LogP contribution in [0.2, 0.25) is 0 Å². The van der Waals surface area contributed by atoms with Crippen molar-refractivity contribution in [3.8, 4) is 11.8 Å². The number of halogens is 3. The fourth-order valence-electron chi connectivity index (χ4n) is 2.72. The molecule has 2 radical (unpaired) electrons. The van der Waals surface area contributed by atoms with Gasteiger partial charge >= 0.3 is 74.0 Å². The number of carbonyl (C=O) groups is 1. The van der Waals surface area contributed by atoms with E-state index in [-0.39, 0.29) is 44.7 Å². The first-order valence-electron chi connectivity index (χ1n) is 9.83. The van der Waals surface area contributed by atoms with Crippen molar-refractivity contribution < 1.29 is 79.4 Å². The van der Waals surface area contributed by atoms with E-state index in [0.29, 0.717) is 6.42 Å². The fourth-order valence-corrected chi connectivity index (χ4v) is 2.72. The average Bonchev–Trinajstić information content (AvgIpc) is 3.01. The molecule has 0 saturated heterocycles. The van der Waals surface area contributed by atoms with Gasteiger partial charge in [-0.15, -0.1) is 5.92 Å². The monoisotopic (exact) mass is 644 g/mol. The van der Waals surface area contributed by atoms with Crippen molar-refractivity contribution in [2.24, 2.45) is 0 Å². The van der Waals surface area contributed by atoms with Crippen molar-refractivity contribution in [2.75, 3.05) is 0 Å². The molecule has 0 aliphatic rings. The smallest absolute Gasteiger partial charge is 0 e. The minimum atomic E-state index is -4.67. The van der Waals surface area contributed by atoms with Gasteiger partial charge in [-0.1, -0.05) is 79.9 Å². The maximum Gasteiger partial charge on any atom is 0 e. The Labute approximate surface area is 252 Å². The second-order valence-electron chi connectivity index (χ2n) is 6.14. The number of rotatable bonds is 6. The van der Waals surface area contributed by atoms with Gasteiger partial charge in [-0.2, -0.15) is 13.2 Å². The molecule has 40 heavy (non-hydrogen) atoms. The molecule has 1 unspecified atom stereocenters. The normalized spacial score (nSPS) is 9.00. The third kappa shape index (κ3) is 20.8. The summed E-state index contributed by atoms with van der Waals surface area (Å²) in [6, 6.07) is 15.5. The number of unbranched alkanes of at least 4 members (excludes halogenated alkanes) is 2. The first kappa shape index (κ1) is 53.2. The molecule has 0 aliphatic carbocycles. The van der Waals surface area contributed by atoms with Gasteiger partial charge in [-0.25, -0.2) is 0 Å². The number of ketones is 1. The number of hydrogen-bond acceptors (Lipinski definition) is 1. The van der Waals surface area contributed by atoms with Crippen LogP contribution in [0, 0.1) is 51.7 Å². The summed E-state index contributed by atoms with van der Waals surface area (Å²) in [6.07, 6.45) is -3.45. The quantitative estimate of drug-likeness (QED) is 0.128. The molecule has 12 heteroatoms. The third-order valence-corrected chi connectivity index (χ3v) is 4.23. The van der Waals surface area contributed by atoms with Gasteiger partial charge in [0.15, 0.2) is 11.2 Å². The molecule has 0 amide bonds. The van der Waals surface area contributed by atoms with Crippen molar-refractivity contribution in [2.45, 2.75) is 44.2 Å². The van der Waals surface area contributed by atoms with Crippen molar-refractivity contribution >= 4 is 5.78 Å². The molecule has 1 atom stereocenters. The molecule has 0 aliphatic heterocycles. The minimum absolute atomic E-state index is 0. The van der Waals surface area contributed by atoms with Crippen LogP contribution in [0.25, 0.3) is 0 Å². The number of alkyl halides is 3. The average molecular weight is 644 g/mol. The first-order valence-corrected chi connectivity index (χ1v) is 9.83. The maximum absolute atomic E-state index is 14.2. The van der Waals surface area contributed by atoms with E-state index in [2.05, 4.69) is 51.7 Å². The van der Waals surface area contributed by atoms with Crippen molar-refractivity contribution in [1.29, 1.82) is 0 Å². The molecule has 2 rings (SSSR count). The van der Waals surface area contributed by atoms with Crippen LogP contribution in [0.15, 0.2) is 60.7 Å². The molecular weight excluding hydrogens is 623 g/mol. The number of hydrogen-bond donors (Lipinski definition) is 0. The fraction of sp³-hybridized carbons (Fsp3) is 0.250. The zero-order chi connectivity index (χ0) is 31.0. The molecular formula is C28H21Co2F3O7. The summed E-state index contributed by atoms with van der Waals surface area (Å²) in [5.74, 6) is 4.52. The standard InChI is InChI=1S/C22H21F3O.6CO.2Co/c1-2-3-4-11-16-21(22(23,24)25,19-14-9-6-10-15-19)17-20(26)18-12-7-5-8-13-18;6*1-2;;/h5-10,12-15H,2-4,17H2,1H3;;;;;;;;. The zero-order valence-electron chi connectivity index (χ0n) is 20.8. The largest absolute Gasteiger partial charge is 0 e. The van der Waals surface area contributed by atoms with E-state index in [1.165, 1.54) is 36.4 Å². The molecule has 214 valence electrons. The summed E-state index contributed by atoms with van der Waals surface area (Å²) >= 11 is 0. The van der Waals surface area contributed by atoms with E-state index >= 15 is 0 Å². The van der Waals surface area contributed by atoms with Gasteiger partial charge < -0.3 is 0 Å². The van der Waals surface area contributed by atoms with Crippen LogP contribution in [0.5, 0.6) is 0 Å². The number of benzene rings is 2. The number of Topliss-reactive ketones (excluding diaryl/α,β-unsaturated/α-hetero) is 1. The molecule has 0 heterocycles. The molecule has 0 aromatic heterocycles. The van der Waals surface area contributed by atoms with Crippen molar-refractivity contribution in [1.82, 2.24) is 0 Å². The van der Waals surface area contributed by atoms with Gasteiger partial charge in [0.05, 0.1) is 0 Å². The van der Waals surface area contributed by atoms with Crippen LogP contribution in [0.1, 0.15) is 48.5 Å². The zero-order valence-corrected chi connectivity index (χ0v) is 22.8. The number of carbonyl (C=O) groups excluding carboxylic acids is 1. The Morgan fingerprint density at radius 2 is 1.10 bits per heavy atom. The molecule has 7 nitrogen and oxygen atoms in total. The Morgan fingerprint density at radius 1 is 0.725 bits per heavy atom. The SMILES string of the molecule is CCCCC#CC(CC(=O)c1ccccc1)(c1ccccc1)C(F)(F)F.[C-]#[O+].[C-]#[O+].[C-]#[O+].[C-]#[O+].[C-]#[O+].[C-]#[O+].[Co].[Co]. The van der Waals surface area contributed by atoms with E-state index in [1.54, 1.807) is 24.3 Å². The topological polar surface area (TPSA) is 136 Å². The molecule has 0 spiro atoms. The van der Waals surface area contributed by atoms with E-state index in [0.717, 1.165) is 12.8 Å². The van der Waals surface area contributed by atoms with E-state index < -0.39 is 23.8 Å². The van der Waals surface area contributed by atoms with Gasteiger partial charge in [0, 0.05) is 52.0 Å². The second-order valence-corrected chi connectivity index (χ2v) is 6.14. The van der Waals surface area contributed by atoms with Crippen LogP contribution >= 0.6 is 0 Å². The van der Waals surface area contributed by atoms with Crippen LogP contribution < -0.4 is 0 Å². The summed E-state index contributed by atoms with van der Waals surface area (Å²) < 4.78 is 87.6. The van der Waals surface area contributed by atoms with E-state index in [1.807, 2.05) is 6.92 Å². The van der Waals surface area contributed by atoms with Gasteiger partial charge in [0.2, 0.25) is 0 Å². The van der Waals surface area contributed by atoms with Gasteiger partial charge in [0.25, 0.3) is 0 Å². The Balaban J connectivity index is -0.000000138. The van der Waals surface area contributed by atoms with Crippen LogP contribution in [0.4, 0.5) is 13.2 Å². The van der Waals surface area contributed by atoms with Gasteiger partial charge in [-0.3, -0.25) is 4.79 Å². The molecule has 2 aromatic carbocycles. The molecule has 2 aromatic rings. The third-order valence-electron chi connectivity index (χ3n) is 4.23. The Morgan fingerprint density at radius 3 is 1.45 bits per heavy atom. The maximum atomic E-state index is 14.2. The molecule has 0 N–H and O–H groups in total. The molecule has 0 saturated carbocycles. The summed E-state index contributed by atoms with van der Waals surface area (Å²) in [6.45, 7) is 29.0. The van der Waals surface area contributed by atoms with Gasteiger partial charge in [0.1, 0.15) is 0 Å². The predicted octanol–water partition coefficient (Wildman–Crippen LogP) is 5.72. The van der Waals surface area contributed by atoms with Crippen molar-refractivity contribution in [3.63, 3.8) is 0 Å². The summed E-state index contributed by atoms with van der Waals surface area (Å²) in [5, 5.41) is 0. The van der Waals surface area contributed by atoms with Gasteiger partial charge in [-0.05, 0) is 12.0 Å². The second kappa shape index (κ2) is 38.1. The molecule has 0 fully saturated rings. The van der Waals surface area contributed by atoms with Crippen LogP contribution in [0.3, 0.4) is 0 Å². The van der Waals surface area contributed by atoms with Crippen LogP contribution in [-0.4, -0.2) is 12.0 Å².